The third-order valence-corrected chi connectivity index (χ3v) is 5.85. The largest absolute Gasteiger partial charge is 0.447 e. The maximum absolute atomic E-state index is 13.0. The van der Waals surface area contributed by atoms with Crippen LogP contribution in [0.25, 0.3) is 5.69 Å². The number of hydrogen-bond acceptors (Lipinski definition) is 5. The van der Waals surface area contributed by atoms with E-state index in [0.29, 0.717) is 15.0 Å². The number of thiocarbonyl (C=S) groups is 1. The average molecular weight is 400 g/mol. The van der Waals surface area contributed by atoms with Crippen molar-refractivity contribution in [3.05, 3.63) is 50.3 Å². The van der Waals surface area contributed by atoms with Gasteiger partial charge in [-0.25, -0.2) is 9.59 Å². The lowest BCUT2D eigenvalue weighted by Crippen LogP contribution is -2.45. The number of thioether (sulfide) groups is 1. The Morgan fingerprint density at radius 1 is 1.32 bits per heavy atom. The number of hydrogen-bond donors (Lipinski definition) is 0. The molecule has 1 aliphatic rings. The minimum absolute atomic E-state index is 0.0542. The predicted molar refractivity (Wildman–Crippen MR) is 104 cm³/mol. The summed E-state index contributed by atoms with van der Waals surface area (Å²) in [6, 6.07) is 6.58. The summed E-state index contributed by atoms with van der Waals surface area (Å²) < 4.78 is 7.69. The Kier molecular flexibility index (Phi) is 4.63. The van der Waals surface area contributed by atoms with Crippen LogP contribution in [0.1, 0.15) is 33.9 Å². The van der Waals surface area contributed by atoms with Crippen LogP contribution in [0.4, 0.5) is 0 Å². The molecular weight excluding hydrogens is 382 g/mol. The highest BCUT2D eigenvalue weighted by atomic mass is 35.5. The summed E-state index contributed by atoms with van der Waals surface area (Å²) in [6.07, 6.45) is -0.495. The molecule has 1 atom stereocenters. The van der Waals surface area contributed by atoms with E-state index >= 15 is 0 Å². The summed E-state index contributed by atoms with van der Waals surface area (Å²) in [5.74, 6) is -0.755. The van der Waals surface area contributed by atoms with Gasteiger partial charge in [-0.05, 0) is 45.9 Å². The number of halogens is 1. The molecule has 1 aromatic carbocycles. The molecule has 3 rings (SSSR count). The maximum Gasteiger partial charge on any atom is 0.447 e. The van der Waals surface area contributed by atoms with E-state index in [1.807, 2.05) is 32.6 Å². The molecule has 25 heavy (non-hydrogen) atoms. The fourth-order valence-electron chi connectivity index (χ4n) is 2.98. The molecule has 1 saturated heterocycles. The van der Waals surface area contributed by atoms with Crippen molar-refractivity contribution < 1.29 is 4.52 Å². The standard InChI is InChI=1S/C16H18ClN3O3S2/c1-9(2)18-12(16(3,4)25-15(18)24)20-13(21)19(14(22)23-20)11-7-5-6-10(17)8-11/h5-9,12H,1-4H3/t12-/m1/s1. The minimum Gasteiger partial charge on any atom is -0.330 e. The van der Waals surface area contributed by atoms with E-state index < -0.39 is 22.4 Å². The zero-order chi connectivity index (χ0) is 18.5. The van der Waals surface area contributed by atoms with Gasteiger partial charge in [0.05, 0.1) is 10.4 Å². The molecular formula is C16H18ClN3O3S2. The average Bonchev–Trinajstić information content (AvgIpc) is 2.90. The molecule has 2 heterocycles. The van der Waals surface area contributed by atoms with Crippen molar-refractivity contribution in [2.75, 3.05) is 0 Å². The molecule has 0 radical (unpaired) electrons. The van der Waals surface area contributed by atoms with Crippen molar-refractivity contribution in [1.82, 2.24) is 14.2 Å². The summed E-state index contributed by atoms with van der Waals surface area (Å²) in [4.78, 5) is 27.3. The zero-order valence-corrected chi connectivity index (χ0v) is 16.6. The molecule has 2 aromatic rings. The lowest BCUT2D eigenvalue weighted by Gasteiger charge is -2.33. The van der Waals surface area contributed by atoms with Crippen molar-refractivity contribution in [1.29, 1.82) is 0 Å². The van der Waals surface area contributed by atoms with Crippen LogP contribution in [-0.4, -0.2) is 29.3 Å². The molecule has 0 unspecified atom stereocenters. The van der Waals surface area contributed by atoms with Gasteiger partial charge in [-0.2, -0.15) is 4.57 Å². The first-order chi connectivity index (χ1) is 11.6. The van der Waals surface area contributed by atoms with E-state index in [1.54, 1.807) is 24.3 Å². The van der Waals surface area contributed by atoms with Crippen molar-refractivity contribution in [3.8, 4) is 5.69 Å². The quantitative estimate of drug-likeness (QED) is 0.738. The summed E-state index contributed by atoms with van der Waals surface area (Å²) in [5.41, 5.74) is -0.187. The predicted octanol–water partition coefficient (Wildman–Crippen LogP) is 3.26. The Labute approximate surface area is 159 Å². The van der Waals surface area contributed by atoms with Gasteiger partial charge >= 0.3 is 11.4 Å². The first-order valence-corrected chi connectivity index (χ1v) is 9.36. The van der Waals surface area contributed by atoms with Gasteiger partial charge in [0.2, 0.25) is 0 Å². The van der Waals surface area contributed by atoms with Crippen LogP contribution in [0.5, 0.6) is 0 Å². The number of aromatic nitrogens is 2. The van der Waals surface area contributed by atoms with E-state index in [4.69, 9.17) is 28.3 Å². The molecule has 6 nitrogen and oxygen atoms in total. The highest BCUT2D eigenvalue weighted by Crippen LogP contribution is 2.47. The number of nitrogens with zero attached hydrogens (tertiary/aromatic N) is 3. The van der Waals surface area contributed by atoms with Gasteiger partial charge in [-0.15, -0.1) is 4.74 Å². The van der Waals surface area contributed by atoms with E-state index in [9.17, 15) is 9.59 Å². The zero-order valence-electron chi connectivity index (χ0n) is 14.2. The maximum atomic E-state index is 13.0. The van der Waals surface area contributed by atoms with Crippen LogP contribution in [-0.2, 0) is 0 Å². The Bertz CT molecular complexity index is 945. The molecule has 0 bridgehead atoms. The van der Waals surface area contributed by atoms with Gasteiger partial charge in [0.1, 0.15) is 4.32 Å². The fourth-order valence-corrected chi connectivity index (χ4v) is 5.30. The first-order valence-electron chi connectivity index (χ1n) is 7.75. The van der Waals surface area contributed by atoms with Gasteiger partial charge in [0.15, 0.2) is 6.17 Å². The second kappa shape index (κ2) is 6.34. The Balaban J connectivity index is 2.19. The Morgan fingerprint density at radius 2 is 2.00 bits per heavy atom. The summed E-state index contributed by atoms with van der Waals surface area (Å²) in [6.45, 7) is 7.91. The third kappa shape index (κ3) is 3.07. The van der Waals surface area contributed by atoms with Crippen molar-refractivity contribution in [2.24, 2.45) is 0 Å². The van der Waals surface area contributed by atoms with E-state index in [1.165, 1.54) is 11.8 Å². The highest BCUT2D eigenvalue weighted by Gasteiger charge is 2.49. The summed E-state index contributed by atoms with van der Waals surface area (Å²) >= 11 is 12.9. The summed E-state index contributed by atoms with van der Waals surface area (Å²) in [5, 5.41) is 0.429. The molecule has 1 aromatic heterocycles. The molecule has 0 amide bonds. The SMILES string of the molecule is CC(C)N1C(=S)SC(C)(C)[C@H]1n1oc(=O)n(-c2cccc(Cl)c2)c1=O. The molecule has 134 valence electrons. The van der Waals surface area contributed by atoms with Gasteiger partial charge in [-0.3, -0.25) is 0 Å². The van der Waals surface area contributed by atoms with Gasteiger partial charge in [0, 0.05) is 11.1 Å². The molecule has 9 heteroatoms. The third-order valence-electron chi connectivity index (χ3n) is 4.03. The monoisotopic (exact) mass is 399 g/mol. The second-order valence-corrected chi connectivity index (χ2v) is 9.35. The van der Waals surface area contributed by atoms with E-state index in [2.05, 4.69) is 0 Å². The van der Waals surface area contributed by atoms with Gasteiger partial charge in [0.25, 0.3) is 0 Å². The van der Waals surface area contributed by atoms with Crippen molar-refractivity contribution in [3.63, 3.8) is 0 Å². The smallest absolute Gasteiger partial charge is 0.330 e. The van der Waals surface area contributed by atoms with Crippen LogP contribution in [0.15, 0.2) is 38.4 Å². The van der Waals surface area contributed by atoms with E-state index in [-0.39, 0.29) is 6.04 Å². The van der Waals surface area contributed by atoms with E-state index in [0.717, 1.165) is 9.31 Å². The molecule has 1 aliphatic heterocycles. The normalized spacial score (nSPS) is 19.8. The van der Waals surface area contributed by atoms with Crippen LogP contribution in [0, 0.1) is 0 Å². The second-order valence-electron chi connectivity index (χ2n) is 6.63. The molecule has 0 aliphatic carbocycles. The van der Waals surface area contributed by atoms with Crippen molar-refractivity contribution >= 4 is 39.9 Å². The Morgan fingerprint density at radius 3 is 2.60 bits per heavy atom. The molecule has 0 saturated carbocycles. The topological polar surface area (TPSA) is 60.4 Å². The van der Waals surface area contributed by atoms with Gasteiger partial charge < -0.3 is 9.42 Å². The fraction of sp³-hybridized carbons (Fsp3) is 0.438. The first kappa shape index (κ1) is 18.3. The minimum atomic E-state index is -0.755. The lowest BCUT2D eigenvalue weighted by atomic mass is 10.1. The summed E-state index contributed by atoms with van der Waals surface area (Å²) in [7, 11) is 0. The Hall–Kier alpha value is -1.51. The molecule has 0 N–H and O–H groups in total. The molecule has 0 spiro atoms. The number of benzene rings is 1. The lowest BCUT2D eigenvalue weighted by molar-refractivity contribution is 0.0744. The highest BCUT2D eigenvalue weighted by molar-refractivity contribution is 8.24. The van der Waals surface area contributed by atoms with Crippen LogP contribution in [0.3, 0.4) is 0 Å². The number of rotatable bonds is 3. The molecule has 1 fully saturated rings. The van der Waals surface area contributed by atoms with Crippen LogP contribution in [0.2, 0.25) is 5.02 Å². The van der Waals surface area contributed by atoms with Gasteiger partial charge in [-0.1, -0.05) is 41.6 Å². The van der Waals surface area contributed by atoms with Crippen LogP contribution < -0.4 is 11.4 Å². The van der Waals surface area contributed by atoms with Crippen molar-refractivity contribution in [2.45, 2.75) is 44.6 Å². The van der Waals surface area contributed by atoms with Crippen LogP contribution >= 0.6 is 35.6 Å².